The van der Waals surface area contributed by atoms with Crippen LogP contribution in [0.3, 0.4) is 0 Å². The molecule has 0 unspecified atom stereocenters. The largest absolute Gasteiger partial charge is 0.378 e. The Labute approximate surface area is 246 Å². The highest BCUT2D eigenvalue weighted by Crippen LogP contribution is 2.30. The molecule has 2 aromatic heterocycles. The molecule has 1 aliphatic rings. The van der Waals surface area contributed by atoms with Crippen LogP contribution in [0, 0.1) is 6.92 Å². The molecule has 0 saturated carbocycles. The standard InChI is InChI=1S/C33H38N6O3/c1-22-26(8-7-9-27(22)36-31(40)23-10-15-29(34-20-23)33(2,3)4)28-21-37(5)32(41)30(35-28)38(6)24-11-13-25(14-12-24)39-16-18-42-19-17-39/h7-15,20-21H,16-19H2,1-6H3,(H,36,40). The first-order valence-corrected chi connectivity index (χ1v) is 14.1. The van der Waals surface area contributed by atoms with E-state index in [1.807, 2.05) is 55.3 Å². The molecule has 0 atom stereocenters. The molecule has 1 N–H and O–H groups in total. The van der Waals surface area contributed by atoms with Gasteiger partial charge in [0.1, 0.15) is 0 Å². The van der Waals surface area contributed by atoms with Crippen molar-refractivity contribution in [2.75, 3.05) is 48.5 Å². The van der Waals surface area contributed by atoms with Crippen LogP contribution in [0.5, 0.6) is 0 Å². The van der Waals surface area contributed by atoms with Crippen molar-refractivity contribution in [2.24, 2.45) is 7.05 Å². The number of ether oxygens (including phenoxy) is 1. The molecule has 5 rings (SSSR count). The number of amides is 1. The summed E-state index contributed by atoms with van der Waals surface area (Å²) >= 11 is 0. The van der Waals surface area contributed by atoms with E-state index >= 15 is 0 Å². The highest BCUT2D eigenvalue weighted by molar-refractivity contribution is 6.04. The second kappa shape index (κ2) is 11.8. The molecule has 0 aliphatic carbocycles. The molecule has 1 amide bonds. The number of carbonyl (C=O) groups excluding carboxylic acids is 1. The van der Waals surface area contributed by atoms with Gasteiger partial charge in [0.25, 0.3) is 11.5 Å². The molecule has 1 aliphatic heterocycles. The zero-order valence-corrected chi connectivity index (χ0v) is 25.1. The van der Waals surface area contributed by atoms with Gasteiger partial charge in [-0.15, -0.1) is 0 Å². The molecule has 9 nitrogen and oxygen atoms in total. The van der Waals surface area contributed by atoms with Gasteiger partial charge in [0.2, 0.25) is 0 Å². The number of benzene rings is 2. The molecule has 3 heterocycles. The molecule has 0 radical (unpaired) electrons. The molecule has 0 spiro atoms. The van der Waals surface area contributed by atoms with E-state index < -0.39 is 0 Å². The van der Waals surface area contributed by atoms with Gasteiger partial charge in [-0.1, -0.05) is 32.9 Å². The van der Waals surface area contributed by atoms with Crippen molar-refractivity contribution in [1.82, 2.24) is 14.5 Å². The smallest absolute Gasteiger partial charge is 0.293 e. The Bertz CT molecular complexity index is 1630. The average molecular weight is 567 g/mol. The number of hydrogen-bond donors (Lipinski definition) is 1. The van der Waals surface area contributed by atoms with Crippen LogP contribution in [0.25, 0.3) is 11.3 Å². The Hall–Kier alpha value is -4.50. The quantitative estimate of drug-likeness (QED) is 0.338. The molecule has 42 heavy (non-hydrogen) atoms. The first-order chi connectivity index (χ1) is 20.0. The Kier molecular flexibility index (Phi) is 8.13. The van der Waals surface area contributed by atoms with Crippen LogP contribution >= 0.6 is 0 Å². The summed E-state index contributed by atoms with van der Waals surface area (Å²) in [5, 5.41) is 3.02. The fraction of sp³-hybridized carbons (Fsp3) is 0.333. The van der Waals surface area contributed by atoms with Crippen molar-refractivity contribution >= 4 is 28.8 Å². The van der Waals surface area contributed by atoms with Gasteiger partial charge in [-0.2, -0.15) is 0 Å². The Morgan fingerprint density at radius 1 is 1.02 bits per heavy atom. The summed E-state index contributed by atoms with van der Waals surface area (Å²) < 4.78 is 7.01. The molecule has 1 fully saturated rings. The van der Waals surface area contributed by atoms with Crippen LogP contribution < -0.4 is 20.7 Å². The normalized spacial score (nSPS) is 13.6. The van der Waals surface area contributed by atoms with E-state index in [-0.39, 0.29) is 16.9 Å². The third kappa shape index (κ3) is 6.06. The van der Waals surface area contributed by atoms with E-state index in [0.29, 0.717) is 22.8 Å². The SMILES string of the molecule is Cc1c(NC(=O)c2ccc(C(C)(C)C)nc2)cccc1-c1cn(C)c(=O)c(N(C)c2ccc(N3CCOCC3)cc2)n1. The molecule has 4 aromatic rings. The maximum absolute atomic E-state index is 13.2. The second-order valence-electron chi connectivity index (χ2n) is 11.7. The van der Waals surface area contributed by atoms with E-state index in [9.17, 15) is 9.59 Å². The van der Waals surface area contributed by atoms with Crippen molar-refractivity contribution in [1.29, 1.82) is 0 Å². The lowest BCUT2D eigenvalue weighted by Gasteiger charge is -2.29. The zero-order chi connectivity index (χ0) is 30.0. The van der Waals surface area contributed by atoms with E-state index in [4.69, 9.17) is 9.72 Å². The lowest BCUT2D eigenvalue weighted by Crippen LogP contribution is -2.36. The summed E-state index contributed by atoms with van der Waals surface area (Å²) in [5.41, 5.74) is 6.06. The van der Waals surface area contributed by atoms with E-state index in [2.05, 4.69) is 48.1 Å². The van der Waals surface area contributed by atoms with Gasteiger partial charge in [0.05, 0.1) is 24.5 Å². The molecule has 2 aromatic carbocycles. The van der Waals surface area contributed by atoms with Crippen molar-refractivity contribution < 1.29 is 9.53 Å². The monoisotopic (exact) mass is 566 g/mol. The number of morpholine rings is 1. The van der Waals surface area contributed by atoms with E-state index in [1.54, 1.807) is 30.1 Å². The number of nitrogens with zero attached hydrogens (tertiary/aromatic N) is 5. The Morgan fingerprint density at radius 2 is 1.74 bits per heavy atom. The summed E-state index contributed by atoms with van der Waals surface area (Å²) in [7, 11) is 3.57. The predicted octanol–water partition coefficient (Wildman–Crippen LogP) is 5.31. The van der Waals surface area contributed by atoms with Crippen molar-refractivity contribution in [3.63, 3.8) is 0 Å². The average Bonchev–Trinajstić information content (AvgIpc) is 2.99. The topological polar surface area (TPSA) is 92.6 Å². The molecule has 218 valence electrons. The zero-order valence-electron chi connectivity index (χ0n) is 25.1. The maximum atomic E-state index is 13.2. The van der Waals surface area contributed by atoms with Gasteiger partial charge in [-0.05, 0) is 55.0 Å². The molecular weight excluding hydrogens is 528 g/mol. The minimum absolute atomic E-state index is 0.0952. The lowest BCUT2D eigenvalue weighted by molar-refractivity contribution is 0.102. The number of pyridine rings is 1. The van der Waals surface area contributed by atoms with Gasteiger partial charge >= 0.3 is 0 Å². The highest BCUT2D eigenvalue weighted by Gasteiger charge is 2.19. The number of nitrogens with one attached hydrogen (secondary N) is 1. The third-order valence-corrected chi connectivity index (χ3v) is 7.64. The van der Waals surface area contributed by atoms with Crippen LogP contribution in [-0.2, 0) is 17.2 Å². The number of rotatable bonds is 6. The number of aromatic nitrogens is 3. The highest BCUT2D eigenvalue weighted by atomic mass is 16.5. The van der Waals surface area contributed by atoms with Crippen molar-refractivity contribution in [3.8, 4) is 11.3 Å². The minimum atomic E-state index is -0.238. The van der Waals surface area contributed by atoms with Gasteiger partial charge < -0.3 is 24.4 Å². The third-order valence-electron chi connectivity index (χ3n) is 7.64. The fourth-order valence-electron chi connectivity index (χ4n) is 4.98. The van der Waals surface area contributed by atoms with Crippen LogP contribution in [0.2, 0.25) is 0 Å². The summed E-state index contributed by atoms with van der Waals surface area (Å²) in [4.78, 5) is 39.7. The number of carbonyl (C=O) groups is 1. The summed E-state index contributed by atoms with van der Waals surface area (Å²) in [6, 6.07) is 17.5. The Morgan fingerprint density at radius 3 is 2.38 bits per heavy atom. The minimum Gasteiger partial charge on any atom is -0.378 e. The number of hydrogen-bond acceptors (Lipinski definition) is 7. The second-order valence-corrected chi connectivity index (χ2v) is 11.7. The summed E-state index contributed by atoms with van der Waals surface area (Å²) in [5.74, 6) is 0.0746. The first-order valence-electron chi connectivity index (χ1n) is 14.1. The summed E-state index contributed by atoms with van der Waals surface area (Å²) in [6.45, 7) is 11.4. The predicted molar refractivity (Wildman–Crippen MR) is 168 cm³/mol. The van der Waals surface area contributed by atoms with E-state index in [1.165, 1.54) is 0 Å². The maximum Gasteiger partial charge on any atom is 0.293 e. The fourth-order valence-corrected chi connectivity index (χ4v) is 4.98. The molecular formula is C33H38N6O3. The molecule has 9 heteroatoms. The first kappa shape index (κ1) is 29.0. The number of anilines is 4. The van der Waals surface area contributed by atoms with Crippen LogP contribution in [0.4, 0.5) is 22.9 Å². The van der Waals surface area contributed by atoms with Crippen LogP contribution in [-0.4, -0.2) is 53.8 Å². The lowest BCUT2D eigenvalue weighted by atomic mass is 9.91. The van der Waals surface area contributed by atoms with Gasteiger partial charge in [0, 0.05) is 73.3 Å². The number of aryl methyl sites for hydroxylation is 1. The van der Waals surface area contributed by atoms with Crippen LogP contribution in [0.15, 0.2) is 71.8 Å². The van der Waals surface area contributed by atoms with Crippen LogP contribution in [0.1, 0.15) is 42.4 Å². The molecule has 1 saturated heterocycles. The molecule has 0 bridgehead atoms. The van der Waals surface area contributed by atoms with Gasteiger partial charge in [-0.25, -0.2) is 4.98 Å². The Balaban J connectivity index is 1.40. The van der Waals surface area contributed by atoms with Crippen molar-refractivity contribution in [2.45, 2.75) is 33.1 Å². The van der Waals surface area contributed by atoms with Crippen molar-refractivity contribution in [3.05, 3.63) is 94.2 Å². The summed E-state index contributed by atoms with van der Waals surface area (Å²) in [6.07, 6.45) is 3.34. The van der Waals surface area contributed by atoms with Gasteiger partial charge in [0.15, 0.2) is 5.82 Å². The van der Waals surface area contributed by atoms with E-state index in [0.717, 1.165) is 54.5 Å². The van der Waals surface area contributed by atoms with Gasteiger partial charge in [-0.3, -0.25) is 14.6 Å².